The van der Waals surface area contributed by atoms with Gasteiger partial charge < -0.3 is 14.4 Å². The van der Waals surface area contributed by atoms with Crippen LogP contribution < -0.4 is 4.90 Å². The first-order valence-corrected chi connectivity index (χ1v) is 11.9. The summed E-state index contributed by atoms with van der Waals surface area (Å²) in [4.78, 5) is 26.0. The smallest absolute Gasteiger partial charge is 0.340 e. The van der Waals surface area contributed by atoms with Crippen molar-refractivity contribution in [3.05, 3.63) is 58.1 Å². The number of ether oxygens (including phenoxy) is 2. The van der Waals surface area contributed by atoms with E-state index in [1.54, 1.807) is 24.3 Å². The number of benzene rings is 2. The maximum absolute atomic E-state index is 12.8. The monoisotopic (exact) mass is 476 g/mol. The fourth-order valence-electron chi connectivity index (χ4n) is 3.73. The van der Waals surface area contributed by atoms with Crippen molar-refractivity contribution in [1.82, 2.24) is 0 Å². The van der Waals surface area contributed by atoms with Crippen molar-refractivity contribution in [2.24, 2.45) is 4.40 Å². The lowest BCUT2D eigenvalue weighted by molar-refractivity contribution is 0.0471. The average molecular weight is 477 g/mol. The number of anilines is 1. The third-order valence-electron chi connectivity index (χ3n) is 5.40. The number of carbonyl (C=O) groups excluding carboxylic acids is 2. The molecular formula is C22H21ClN2O6S. The van der Waals surface area contributed by atoms with Crippen LogP contribution in [0.1, 0.15) is 52.0 Å². The van der Waals surface area contributed by atoms with Crippen molar-refractivity contribution in [1.29, 1.82) is 0 Å². The number of hydrogen-bond donors (Lipinski definition) is 0. The summed E-state index contributed by atoms with van der Waals surface area (Å²) in [6.45, 7) is 0.567. The number of nitrogens with zero attached hydrogens (tertiary/aromatic N) is 2. The van der Waals surface area contributed by atoms with Crippen molar-refractivity contribution in [2.45, 2.75) is 37.2 Å². The molecule has 4 rings (SSSR count). The second-order valence-electron chi connectivity index (χ2n) is 7.51. The van der Waals surface area contributed by atoms with Crippen molar-refractivity contribution >= 4 is 45.1 Å². The van der Waals surface area contributed by atoms with Gasteiger partial charge >= 0.3 is 11.9 Å². The number of hydrogen-bond acceptors (Lipinski definition) is 7. The molecule has 2 aromatic rings. The summed E-state index contributed by atoms with van der Waals surface area (Å²) in [6, 6.07) is 9.12. The number of halogens is 1. The second-order valence-corrected chi connectivity index (χ2v) is 9.49. The number of carbonyl (C=O) groups is 2. The Bertz CT molecular complexity index is 1210. The number of rotatable bonds is 4. The highest BCUT2D eigenvalue weighted by Gasteiger charge is 2.33. The number of sulfonamides is 1. The minimum absolute atomic E-state index is 0.0476. The molecule has 168 valence electrons. The number of methoxy groups -OCH3 is 1. The van der Waals surface area contributed by atoms with Crippen LogP contribution in [0.25, 0.3) is 0 Å². The van der Waals surface area contributed by atoms with Crippen LogP contribution in [-0.2, 0) is 26.1 Å². The van der Waals surface area contributed by atoms with Gasteiger partial charge in [0.1, 0.15) is 17.3 Å². The maximum atomic E-state index is 12.8. The van der Waals surface area contributed by atoms with E-state index in [0.29, 0.717) is 35.6 Å². The summed E-state index contributed by atoms with van der Waals surface area (Å²) >= 11 is 6.36. The Labute approximate surface area is 190 Å². The van der Waals surface area contributed by atoms with Gasteiger partial charge in [-0.3, -0.25) is 0 Å². The molecule has 0 unspecified atom stereocenters. The first kappa shape index (κ1) is 22.3. The van der Waals surface area contributed by atoms with Gasteiger partial charge in [0.15, 0.2) is 0 Å². The minimum Gasteiger partial charge on any atom is -0.465 e. The molecule has 0 amide bonds. The fraction of sp³-hybridized carbons (Fsp3) is 0.318. The van der Waals surface area contributed by atoms with E-state index in [1.165, 1.54) is 19.2 Å². The molecule has 0 N–H and O–H groups in total. The fourth-order valence-corrected chi connectivity index (χ4v) is 5.24. The Morgan fingerprint density at radius 1 is 1.09 bits per heavy atom. The Morgan fingerprint density at radius 2 is 1.84 bits per heavy atom. The van der Waals surface area contributed by atoms with Gasteiger partial charge in [-0.25, -0.2) is 9.59 Å². The van der Waals surface area contributed by atoms with E-state index >= 15 is 0 Å². The molecule has 1 fully saturated rings. The Hall–Kier alpha value is -2.91. The Kier molecular flexibility index (Phi) is 6.21. The third-order valence-corrected chi connectivity index (χ3v) is 7.05. The topological polar surface area (TPSA) is 102 Å². The number of esters is 2. The minimum atomic E-state index is -3.95. The summed E-state index contributed by atoms with van der Waals surface area (Å²) in [5.41, 5.74) is 1.41. The molecular weight excluding hydrogens is 456 g/mol. The molecule has 0 saturated carbocycles. The zero-order chi connectivity index (χ0) is 22.9. The zero-order valence-corrected chi connectivity index (χ0v) is 18.9. The molecule has 0 bridgehead atoms. The van der Waals surface area contributed by atoms with Gasteiger partial charge in [0, 0.05) is 13.0 Å². The quantitative estimate of drug-likeness (QED) is 0.615. The van der Waals surface area contributed by atoms with Gasteiger partial charge in [-0.15, -0.1) is 4.40 Å². The Morgan fingerprint density at radius 3 is 2.56 bits per heavy atom. The molecule has 2 aliphatic heterocycles. The van der Waals surface area contributed by atoms with Crippen molar-refractivity contribution in [3.8, 4) is 0 Å². The van der Waals surface area contributed by atoms with Gasteiger partial charge in [-0.05, 0) is 42.7 Å². The standard InChI is InChI=1S/C22H21ClN2O6S/c1-30-21(26)15-8-6-14(7-9-15)13-31-22(27)16-11-19-18(12-17(16)23)25-10-4-2-3-5-20(25)24-32(19,28)29/h6-9,11-12H,2-5,10,13H2,1H3. The van der Waals surface area contributed by atoms with Crippen molar-refractivity contribution < 1.29 is 27.5 Å². The zero-order valence-electron chi connectivity index (χ0n) is 17.3. The number of fused-ring (bicyclic) bond motifs is 3. The van der Waals surface area contributed by atoms with Gasteiger partial charge in [0.2, 0.25) is 0 Å². The molecule has 10 heteroatoms. The molecule has 8 nitrogen and oxygen atoms in total. The Balaban J connectivity index is 1.57. The van der Waals surface area contributed by atoms with Crippen LogP contribution in [0.2, 0.25) is 5.02 Å². The van der Waals surface area contributed by atoms with Crippen molar-refractivity contribution in [3.63, 3.8) is 0 Å². The molecule has 1 saturated heterocycles. The lowest BCUT2D eigenvalue weighted by atomic mass is 10.1. The molecule has 0 radical (unpaired) electrons. The highest BCUT2D eigenvalue weighted by Crippen LogP contribution is 2.38. The normalized spacial score (nSPS) is 16.8. The summed E-state index contributed by atoms with van der Waals surface area (Å²) < 4.78 is 39.5. The first-order valence-electron chi connectivity index (χ1n) is 10.1. The number of amidine groups is 1. The predicted octanol–water partition coefficient (Wildman–Crippen LogP) is 3.96. The van der Waals surface area contributed by atoms with Crippen LogP contribution in [-0.4, -0.2) is 39.8 Å². The highest BCUT2D eigenvalue weighted by atomic mass is 35.5. The first-order chi connectivity index (χ1) is 15.3. The summed E-state index contributed by atoms with van der Waals surface area (Å²) in [7, 11) is -2.66. The largest absolute Gasteiger partial charge is 0.465 e. The maximum Gasteiger partial charge on any atom is 0.340 e. The lowest BCUT2D eigenvalue weighted by Crippen LogP contribution is -2.35. The summed E-state index contributed by atoms with van der Waals surface area (Å²) in [6.07, 6.45) is 3.35. The van der Waals surface area contributed by atoms with E-state index in [0.717, 1.165) is 19.3 Å². The molecule has 0 aliphatic carbocycles. The molecule has 0 spiro atoms. The molecule has 2 aliphatic rings. The third kappa shape index (κ3) is 4.35. The van der Waals surface area contributed by atoms with Crippen molar-refractivity contribution in [2.75, 3.05) is 18.6 Å². The van der Waals surface area contributed by atoms with Gasteiger partial charge in [0.25, 0.3) is 10.0 Å². The van der Waals surface area contributed by atoms with Crippen LogP contribution in [0.15, 0.2) is 45.7 Å². The summed E-state index contributed by atoms with van der Waals surface area (Å²) in [5.74, 6) is -0.710. The van der Waals surface area contributed by atoms with E-state index in [9.17, 15) is 18.0 Å². The molecule has 0 aromatic heterocycles. The molecule has 2 aromatic carbocycles. The van der Waals surface area contributed by atoms with Gasteiger partial charge in [-0.1, -0.05) is 30.2 Å². The van der Waals surface area contributed by atoms with E-state index < -0.39 is 22.0 Å². The second kappa shape index (κ2) is 8.91. The molecule has 2 heterocycles. The van der Waals surface area contributed by atoms with Crippen LogP contribution >= 0.6 is 11.6 Å². The molecule has 32 heavy (non-hydrogen) atoms. The van der Waals surface area contributed by atoms with Crippen LogP contribution in [0, 0.1) is 0 Å². The average Bonchev–Trinajstić information content (AvgIpc) is 3.01. The van der Waals surface area contributed by atoms with Gasteiger partial charge in [0.05, 0.1) is 28.9 Å². The van der Waals surface area contributed by atoms with E-state index in [2.05, 4.69) is 9.13 Å². The van der Waals surface area contributed by atoms with Crippen LogP contribution in [0.3, 0.4) is 0 Å². The van der Waals surface area contributed by atoms with Gasteiger partial charge in [-0.2, -0.15) is 8.42 Å². The predicted molar refractivity (Wildman–Crippen MR) is 119 cm³/mol. The van der Waals surface area contributed by atoms with E-state index in [4.69, 9.17) is 16.3 Å². The SMILES string of the molecule is COC(=O)c1ccc(COC(=O)c2cc3c(cc2Cl)N2CCCCCC2=NS3(=O)=O)cc1. The summed E-state index contributed by atoms with van der Waals surface area (Å²) in [5, 5.41) is 0.107. The van der Waals surface area contributed by atoms with E-state index in [-0.39, 0.29) is 22.1 Å². The van der Waals surface area contributed by atoms with Crippen LogP contribution in [0.5, 0.6) is 0 Å². The van der Waals surface area contributed by atoms with E-state index in [1.807, 2.05) is 4.90 Å². The van der Waals surface area contributed by atoms with Crippen LogP contribution in [0.4, 0.5) is 5.69 Å². The lowest BCUT2D eigenvalue weighted by Gasteiger charge is -2.30. The molecule has 0 atom stereocenters. The highest BCUT2D eigenvalue weighted by molar-refractivity contribution is 7.90.